The molecule has 1 amide bonds. The molecule has 1 aliphatic carbocycles. The minimum absolute atomic E-state index is 0.0764. The Morgan fingerprint density at radius 2 is 1.72 bits per heavy atom. The van der Waals surface area contributed by atoms with Gasteiger partial charge in [0, 0.05) is 57.3 Å². The number of allylic oxidation sites excluding steroid dienone is 4. The van der Waals surface area contributed by atoms with Gasteiger partial charge in [-0.3, -0.25) is 9.80 Å². The summed E-state index contributed by atoms with van der Waals surface area (Å²) in [5.74, 6) is 1.09. The number of likely N-dealkylation sites (N-methyl/N-ethyl adjacent to an activating group) is 1. The second kappa shape index (κ2) is 18.0. The maximum Gasteiger partial charge on any atom is 0.414 e. The van der Waals surface area contributed by atoms with E-state index < -0.39 is 0 Å². The number of ether oxygens (including phenoxy) is 2. The molecule has 3 aliphatic rings. The standard InChI is InChI=1S/C25H24FNO3.C13H29N3/c1-17-9-12-23(13-10-17)30-22-8-4-7-21(11-14-22)27-24(16-29-25(27)28)18(2)19-5-3-6-20(26)15-19;1-4-6-15(7-5-2)12-13-16-10-8-14(3)9-11-16/h3-6,8-15,18,24H,7,16H2,1-2H3;4-13H2,1-3H3/t18-,24?;/m1./s1. The number of rotatable bonds is 12. The molecule has 5 rings (SSSR count). The van der Waals surface area contributed by atoms with Gasteiger partial charge in [-0.1, -0.05) is 56.7 Å². The van der Waals surface area contributed by atoms with Crippen LogP contribution in [0.2, 0.25) is 0 Å². The van der Waals surface area contributed by atoms with Crippen molar-refractivity contribution in [1.82, 2.24) is 19.6 Å². The maximum atomic E-state index is 13.7. The van der Waals surface area contributed by atoms with Gasteiger partial charge in [0.05, 0.1) is 6.04 Å². The van der Waals surface area contributed by atoms with Gasteiger partial charge in [-0.25, -0.2) is 9.18 Å². The topological polar surface area (TPSA) is 48.5 Å². The molecular formula is C38H53FN4O3. The highest BCUT2D eigenvalue weighted by molar-refractivity contribution is 5.73. The Morgan fingerprint density at radius 3 is 2.39 bits per heavy atom. The van der Waals surface area contributed by atoms with Crippen molar-refractivity contribution in [2.45, 2.75) is 58.9 Å². The molecule has 0 spiro atoms. The minimum atomic E-state index is -0.376. The van der Waals surface area contributed by atoms with Crippen LogP contribution in [0.25, 0.3) is 0 Å². The van der Waals surface area contributed by atoms with Crippen LogP contribution in [0.1, 0.15) is 57.1 Å². The molecule has 1 unspecified atom stereocenters. The largest absolute Gasteiger partial charge is 0.457 e. The van der Waals surface area contributed by atoms with Crippen LogP contribution < -0.4 is 4.74 Å². The van der Waals surface area contributed by atoms with Crippen molar-refractivity contribution in [3.05, 3.63) is 101 Å². The summed E-state index contributed by atoms with van der Waals surface area (Å²) in [4.78, 5) is 21.8. The van der Waals surface area contributed by atoms with Crippen LogP contribution in [-0.2, 0) is 4.74 Å². The molecule has 250 valence electrons. The number of cyclic esters (lactones) is 1. The number of carbonyl (C=O) groups is 1. The fourth-order valence-electron chi connectivity index (χ4n) is 6.06. The zero-order valence-corrected chi connectivity index (χ0v) is 28.5. The van der Waals surface area contributed by atoms with Crippen LogP contribution in [-0.4, -0.2) is 97.7 Å². The Balaban J connectivity index is 0.000000254. The molecule has 2 aromatic rings. The average molecular weight is 633 g/mol. The van der Waals surface area contributed by atoms with Crippen LogP contribution in [0.4, 0.5) is 9.18 Å². The highest BCUT2D eigenvalue weighted by atomic mass is 19.1. The molecule has 0 bridgehead atoms. The van der Waals surface area contributed by atoms with Crippen molar-refractivity contribution in [3.63, 3.8) is 0 Å². The lowest BCUT2D eigenvalue weighted by Crippen LogP contribution is -2.47. The number of carbonyl (C=O) groups excluding carboxylic acids is 1. The van der Waals surface area contributed by atoms with E-state index in [-0.39, 0.29) is 30.5 Å². The van der Waals surface area contributed by atoms with Crippen molar-refractivity contribution < 1.29 is 18.7 Å². The summed E-state index contributed by atoms with van der Waals surface area (Å²) >= 11 is 0. The summed E-state index contributed by atoms with van der Waals surface area (Å²) < 4.78 is 25.0. The van der Waals surface area contributed by atoms with Gasteiger partial charge in [-0.2, -0.15) is 0 Å². The van der Waals surface area contributed by atoms with E-state index in [0.717, 1.165) is 17.0 Å². The Labute approximate surface area is 275 Å². The molecule has 8 heteroatoms. The van der Waals surface area contributed by atoms with E-state index in [4.69, 9.17) is 9.47 Å². The smallest absolute Gasteiger partial charge is 0.414 e. The lowest BCUT2D eigenvalue weighted by atomic mass is 9.92. The van der Waals surface area contributed by atoms with E-state index in [1.807, 2.05) is 68.5 Å². The summed E-state index contributed by atoms with van der Waals surface area (Å²) in [6.07, 6.45) is 10.4. The average Bonchev–Trinajstić information content (AvgIpc) is 3.29. The van der Waals surface area contributed by atoms with Gasteiger partial charge in [0.1, 0.15) is 23.9 Å². The molecule has 2 heterocycles. The van der Waals surface area contributed by atoms with Crippen molar-refractivity contribution in [3.8, 4) is 5.75 Å². The van der Waals surface area contributed by atoms with Crippen LogP contribution in [0.3, 0.4) is 0 Å². The number of hydrogen-bond acceptors (Lipinski definition) is 6. The highest BCUT2D eigenvalue weighted by Gasteiger charge is 2.39. The zero-order valence-electron chi connectivity index (χ0n) is 28.5. The van der Waals surface area contributed by atoms with E-state index in [2.05, 4.69) is 35.6 Å². The van der Waals surface area contributed by atoms with Crippen molar-refractivity contribution in [2.75, 3.05) is 66.0 Å². The Morgan fingerprint density at radius 1 is 1.00 bits per heavy atom. The van der Waals surface area contributed by atoms with Crippen LogP contribution in [0.15, 0.2) is 84.3 Å². The monoisotopic (exact) mass is 632 g/mol. The molecule has 0 aromatic heterocycles. The summed E-state index contributed by atoms with van der Waals surface area (Å²) in [5.41, 5.74) is 2.83. The lowest BCUT2D eigenvalue weighted by Gasteiger charge is -2.33. The zero-order chi connectivity index (χ0) is 32.9. The molecule has 46 heavy (non-hydrogen) atoms. The number of halogens is 1. The summed E-state index contributed by atoms with van der Waals surface area (Å²) in [6, 6.07) is 14.1. The first-order chi connectivity index (χ1) is 22.3. The van der Waals surface area contributed by atoms with Gasteiger partial charge in [0.2, 0.25) is 0 Å². The van der Waals surface area contributed by atoms with E-state index in [1.165, 1.54) is 82.9 Å². The molecule has 2 saturated heterocycles. The van der Waals surface area contributed by atoms with E-state index in [1.54, 1.807) is 11.0 Å². The second-order valence-electron chi connectivity index (χ2n) is 12.6. The van der Waals surface area contributed by atoms with Crippen LogP contribution in [0.5, 0.6) is 5.75 Å². The van der Waals surface area contributed by atoms with Gasteiger partial charge in [0.25, 0.3) is 0 Å². The summed E-state index contributed by atoms with van der Waals surface area (Å²) in [5, 5.41) is 0. The number of amides is 1. The molecule has 2 aliphatic heterocycles. The van der Waals surface area contributed by atoms with Crippen LogP contribution in [0, 0.1) is 12.7 Å². The van der Waals surface area contributed by atoms with E-state index >= 15 is 0 Å². The fraction of sp³-hybridized carbons (Fsp3) is 0.500. The SMILES string of the molecule is CCCN(CCC)CCN1CCN(C)CC1.Cc1ccc(OC2=CC=C(N3C(=O)OCC3[C@H](C)c3cccc(F)c3)CC=C2)cc1. The molecule has 0 N–H and O–H groups in total. The first kappa shape index (κ1) is 35.4. The molecule has 0 radical (unpaired) electrons. The number of aryl methyl sites for hydroxylation is 1. The van der Waals surface area contributed by atoms with E-state index in [9.17, 15) is 9.18 Å². The van der Waals surface area contributed by atoms with Gasteiger partial charge >= 0.3 is 6.09 Å². The summed E-state index contributed by atoms with van der Waals surface area (Å²) in [7, 11) is 2.22. The van der Waals surface area contributed by atoms with Crippen LogP contribution >= 0.6 is 0 Å². The Kier molecular flexibility index (Phi) is 13.9. The van der Waals surface area contributed by atoms with Crippen molar-refractivity contribution in [2.24, 2.45) is 0 Å². The third kappa shape index (κ3) is 10.5. The predicted molar refractivity (Wildman–Crippen MR) is 184 cm³/mol. The van der Waals surface area contributed by atoms with Gasteiger partial charge in [0.15, 0.2) is 0 Å². The number of piperazine rings is 1. The molecule has 2 aromatic carbocycles. The number of hydrogen-bond donors (Lipinski definition) is 0. The number of nitrogens with zero attached hydrogens (tertiary/aromatic N) is 4. The minimum Gasteiger partial charge on any atom is -0.457 e. The molecule has 7 nitrogen and oxygen atoms in total. The third-order valence-electron chi connectivity index (χ3n) is 8.88. The molecular weight excluding hydrogens is 579 g/mol. The van der Waals surface area contributed by atoms with Crippen molar-refractivity contribution >= 4 is 6.09 Å². The quantitative estimate of drug-likeness (QED) is 0.246. The number of benzene rings is 2. The van der Waals surface area contributed by atoms with Crippen molar-refractivity contribution in [1.29, 1.82) is 0 Å². The third-order valence-corrected chi connectivity index (χ3v) is 8.88. The summed E-state index contributed by atoms with van der Waals surface area (Å²) in [6.45, 7) is 18.9. The lowest BCUT2D eigenvalue weighted by molar-refractivity contribution is 0.135. The molecule has 0 saturated carbocycles. The fourth-order valence-corrected chi connectivity index (χ4v) is 6.06. The molecule has 2 fully saturated rings. The van der Waals surface area contributed by atoms with Gasteiger partial charge < -0.3 is 19.3 Å². The first-order valence-electron chi connectivity index (χ1n) is 16.9. The Hall–Kier alpha value is -3.46. The van der Waals surface area contributed by atoms with E-state index in [0.29, 0.717) is 12.2 Å². The Bertz CT molecular complexity index is 1330. The van der Waals surface area contributed by atoms with Gasteiger partial charge in [-0.05, 0) is 88.0 Å². The maximum absolute atomic E-state index is 13.7. The normalized spacial score (nSPS) is 19.6. The highest BCUT2D eigenvalue weighted by Crippen LogP contribution is 2.33. The van der Waals surface area contributed by atoms with Gasteiger partial charge in [-0.15, -0.1) is 0 Å². The second-order valence-corrected chi connectivity index (χ2v) is 12.6. The molecule has 2 atom stereocenters. The first-order valence-corrected chi connectivity index (χ1v) is 16.9. The predicted octanol–water partition coefficient (Wildman–Crippen LogP) is 7.22.